The molecule has 0 aliphatic carbocycles. The van der Waals surface area contributed by atoms with Crippen molar-refractivity contribution >= 4 is 23.2 Å². The van der Waals surface area contributed by atoms with E-state index in [9.17, 15) is 9.59 Å². The fraction of sp³-hybridized carbons (Fsp3) is 0.286. The molecule has 8 heteroatoms. The lowest BCUT2D eigenvalue weighted by Gasteiger charge is -2.09. The van der Waals surface area contributed by atoms with Gasteiger partial charge < -0.3 is 15.2 Å². The molecule has 2 N–H and O–H groups in total. The molecule has 0 aliphatic rings. The van der Waals surface area contributed by atoms with Gasteiger partial charge in [-0.15, -0.1) is 0 Å². The van der Waals surface area contributed by atoms with E-state index >= 15 is 0 Å². The number of aryl methyl sites for hydroxylation is 1. The predicted octanol–water partition coefficient (Wildman–Crippen LogP) is 3.69. The van der Waals surface area contributed by atoms with E-state index in [1.165, 1.54) is 0 Å². The molecule has 1 aromatic carbocycles. The Morgan fingerprint density at radius 2 is 1.72 bits per heavy atom. The Bertz CT molecular complexity index is 952. The van der Waals surface area contributed by atoms with Crippen LogP contribution < -0.4 is 10.6 Å². The molecule has 3 aromatic rings. The number of pyridine rings is 1. The zero-order valence-electron chi connectivity index (χ0n) is 16.4. The van der Waals surface area contributed by atoms with Crippen molar-refractivity contribution in [2.75, 3.05) is 10.6 Å². The van der Waals surface area contributed by atoms with Gasteiger partial charge in [0, 0.05) is 48.6 Å². The van der Waals surface area contributed by atoms with E-state index in [0.717, 1.165) is 5.56 Å². The minimum Gasteiger partial charge on any atom is -0.339 e. The van der Waals surface area contributed by atoms with E-state index in [0.29, 0.717) is 41.8 Å². The molecule has 29 heavy (non-hydrogen) atoms. The number of nitrogens with one attached hydrogen (secondary N) is 2. The first-order valence-electron chi connectivity index (χ1n) is 9.42. The molecule has 0 saturated carbocycles. The van der Waals surface area contributed by atoms with E-state index in [1.54, 1.807) is 42.7 Å². The summed E-state index contributed by atoms with van der Waals surface area (Å²) in [4.78, 5) is 32.3. The van der Waals surface area contributed by atoms with Crippen molar-refractivity contribution in [1.29, 1.82) is 0 Å². The zero-order valence-corrected chi connectivity index (χ0v) is 16.4. The molecule has 2 aromatic heterocycles. The van der Waals surface area contributed by atoms with Crippen molar-refractivity contribution in [3.05, 3.63) is 54.7 Å². The van der Waals surface area contributed by atoms with E-state index in [2.05, 4.69) is 25.8 Å². The van der Waals surface area contributed by atoms with Crippen LogP contribution in [0.3, 0.4) is 0 Å². The van der Waals surface area contributed by atoms with Crippen LogP contribution in [0, 0.1) is 5.92 Å². The van der Waals surface area contributed by atoms with Gasteiger partial charge in [-0.3, -0.25) is 14.6 Å². The maximum Gasteiger partial charge on any atom is 0.227 e. The molecular weight excluding hydrogens is 370 g/mol. The fourth-order valence-electron chi connectivity index (χ4n) is 2.63. The highest BCUT2D eigenvalue weighted by molar-refractivity contribution is 5.93. The van der Waals surface area contributed by atoms with Gasteiger partial charge in [0.1, 0.15) is 0 Å². The Morgan fingerprint density at radius 3 is 2.34 bits per heavy atom. The molecule has 3 rings (SSSR count). The minimum atomic E-state index is -0.164. The van der Waals surface area contributed by atoms with Crippen LogP contribution in [-0.4, -0.2) is 26.9 Å². The second-order valence-electron chi connectivity index (χ2n) is 7.03. The number of amides is 2. The summed E-state index contributed by atoms with van der Waals surface area (Å²) in [6.07, 6.45) is 4.33. The van der Waals surface area contributed by atoms with Gasteiger partial charge in [0.15, 0.2) is 0 Å². The van der Waals surface area contributed by atoms with Crippen LogP contribution in [0.1, 0.15) is 32.6 Å². The summed E-state index contributed by atoms with van der Waals surface area (Å²) in [6.45, 7) is 3.98. The van der Waals surface area contributed by atoms with Crippen molar-refractivity contribution in [2.24, 2.45) is 5.92 Å². The maximum absolute atomic E-state index is 12.2. The summed E-state index contributed by atoms with van der Waals surface area (Å²) in [6, 6.07) is 10.6. The van der Waals surface area contributed by atoms with Gasteiger partial charge in [-0.2, -0.15) is 4.98 Å². The number of benzene rings is 1. The first-order chi connectivity index (χ1) is 14.0. The van der Waals surface area contributed by atoms with Gasteiger partial charge in [0.25, 0.3) is 0 Å². The van der Waals surface area contributed by atoms with Crippen molar-refractivity contribution < 1.29 is 14.1 Å². The van der Waals surface area contributed by atoms with Gasteiger partial charge in [-0.1, -0.05) is 19.0 Å². The maximum atomic E-state index is 12.2. The molecule has 0 atom stereocenters. The summed E-state index contributed by atoms with van der Waals surface area (Å²) in [7, 11) is 0. The molecule has 0 bridgehead atoms. The molecule has 2 heterocycles. The average Bonchev–Trinajstić information content (AvgIpc) is 3.17. The number of carbonyl (C=O) groups is 2. The van der Waals surface area contributed by atoms with E-state index < -0.39 is 0 Å². The molecule has 0 spiro atoms. The first-order valence-corrected chi connectivity index (χ1v) is 9.42. The third kappa shape index (κ3) is 6.24. The fourth-order valence-corrected chi connectivity index (χ4v) is 2.63. The Labute approximate surface area is 168 Å². The summed E-state index contributed by atoms with van der Waals surface area (Å²) >= 11 is 0. The number of hydrogen-bond donors (Lipinski definition) is 2. The standard InChI is InChI=1S/C21H23N5O3/c1-14(2)12-19(28)24-17-7-5-16(6-8-17)23-18(27)9-10-20-25-21(26-29-20)15-4-3-11-22-13-15/h3-8,11,13-14H,9-10,12H2,1-2H3,(H,23,27)(H,24,28). The Hall–Kier alpha value is -3.55. The van der Waals surface area contributed by atoms with Crippen molar-refractivity contribution in [1.82, 2.24) is 15.1 Å². The van der Waals surface area contributed by atoms with Crippen LogP contribution in [-0.2, 0) is 16.0 Å². The van der Waals surface area contributed by atoms with Crippen LogP contribution in [0.4, 0.5) is 11.4 Å². The lowest BCUT2D eigenvalue weighted by atomic mass is 10.1. The predicted molar refractivity (Wildman–Crippen MR) is 109 cm³/mol. The second-order valence-corrected chi connectivity index (χ2v) is 7.03. The molecule has 0 fully saturated rings. The number of rotatable bonds is 8. The SMILES string of the molecule is CC(C)CC(=O)Nc1ccc(NC(=O)CCc2nc(-c3cccnc3)no2)cc1. The molecule has 150 valence electrons. The van der Waals surface area contributed by atoms with Gasteiger partial charge in [-0.05, 0) is 42.3 Å². The number of anilines is 2. The highest BCUT2D eigenvalue weighted by atomic mass is 16.5. The second kappa shape index (κ2) is 9.59. The Morgan fingerprint density at radius 1 is 1.03 bits per heavy atom. The van der Waals surface area contributed by atoms with E-state index in [1.807, 2.05) is 19.9 Å². The summed E-state index contributed by atoms with van der Waals surface area (Å²) in [5.74, 6) is 0.948. The number of hydrogen-bond acceptors (Lipinski definition) is 6. The quantitative estimate of drug-likeness (QED) is 0.604. The largest absolute Gasteiger partial charge is 0.339 e. The first kappa shape index (κ1) is 20.2. The molecule has 0 saturated heterocycles. The number of nitrogens with zero attached hydrogens (tertiary/aromatic N) is 3. The third-order valence-corrected chi connectivity index (χ3v) is 4.00. The minimum absolute atomic E-state index is 0.0259. The third-order valence-electron chi connectivity index (χ3n) is 4.00. The molecule has 0 aliphatic heterocycles. The topological polar surface area (TPSA) is 110 Å². The highest BCUT2D eigenvalue weighted by Gasteiger charge is 2.11. The Balaban J connectivity index is 1.47. The van der Waals surface area contributed by atoms with Gasteiger partial charge in [-0.25, -0.2) is 0 Å². The van der Waals surface area contributed by atoms with Crippen molar-refractivity contribution in [3.63, 3.8) is 0 Å². The zero-order chi connectivity index (χ0) is 20.6. The molecule has 8 nitrogen and oxygen atoms in total. The molecular formula is C21H23N5O3. The number of carbonyl (C=O) groups excluding carboxylic acids is 2. The number of aromatic nitrogens is 3. The van der Waals surface area contributed by atoms with Gasteiger partial charge in [0.2, 0.25) is 23.5 Å². The lowest BCUT2D eigenvalue weighted by Crippen LogP contribution is -2.14. The van der Waals surface area contributed by atoms with Gasteiger partial charge in [0.05, 0.1) is 0 Å². The average molecular weight is 393 g/mol. The molecule has 2 amide bonds. The van der Waals surface area contributed by atoms with E-state index in [-0.39, 0.29) is 18.2 Å². The van der Waals surface area contributed by atoms with Crippen LogP contribution >= 0.6 is 0 Å². The highest BCUT2D eigenvalue weighted by Crippen LogP contribution is 2.16. The van der Waals surface area contributed by atoms with Crippen molar-refractivity contribution in [3.8, 4) is 11.4 Å². The van der Waals surface area contributed by atoms with Crippen molar-refractivity contribution in [2.45, 2.75) is 33.1 Å². The molecule has 0 radical (unpaired) electrons. The smallest absolute Gasteiger partial charge is 0.227 e. The van der Waals surface area contributed by atoms with Gasteiger partial charge >= 0.3 is 0 Å². The molecule has 0 unspecified atom stereocenters. The van der Waals surface area contributed by atoms with Crippen LogP contribution in [0.2, 0.25) is 0 Å². The summed E-state index contributed by atoms with van der Waals surface area (Å²) < 4.78 is 5.19. The summed E-state index contributed by atoms with van der Waals surface area (Å²) in [5.41, 5.74) is 2.11. The monoisotopic (exact) mass is 393 g/mol. The van der Waals surface area contributed by atoms with E-state index in [4.69, 9.17) is 4.52 Å². The lowest BCUT2D eigenvalue weighted by molar-refractivity contribution is -0.117. The summed E-state index contributed by atoms with van der Waals surface area (Å²) in [5, 5.41) is 9.55. The van der Waals surface area contributed by atoms with Crippen LogP contribution in [0.25, 0.3) is 11.4 Å². The van der Waals surface area contributed by atoms with Crippen LogP contribution in [0.15, 0.2) is 53.3 Å². The van der Waals surface area contributed by atoms with Crippen LogP contribution in [0.5, 0.6) is 0 Å². The Kier molecular flexibility index (Phi) is 6.67. The normalized spacial score (nSPS) is 10.7.